The van der Waals surface area contributed by atoms with Crippen LogP contribution in [-0.4, -0.2) is 130 Å². The summed E-state index contributed by atoms with van der Waals surface area (Å²) in [6.45, 7) is 2.99. The molecule has 2 heterocycles. The second-order valence-electron chi connectivity index (χ2n) is 12.8. The lowest BCUT2D eigenvalue weighted by Crippen LogP contribution is -2.49. The van der Waals surface area contributed by atoms with Gasteiger partial charge in [0, 0.05) is 24.2 Å². The Bertz CT molecular complexity index is 1600. The minimum Gasteiger partial charge on any atom is -0.481 e. The third-order valence-corrected chi connectivity index (χ3v) is 8.47. The fourth-order valence-corrected chi connectivity index (χ4v) is 5.28. The summed E-state index contributed by atoms with van der Waals surface area (Å²) in [6.07, 6.45) is -0.460. The van der Waals surface area contributed by atoms with Gasteiger partial charge in [0.25, 0.3) is 0 Å². The first kappa shape index (κ1) is 44.5. The van der Waals surface area contributed by atoms with Crippen LogP contribution in [0.25, 0.3) is 0 Å². The third kappa shape index (κ3) is 12.5. The normalized spacial score (nSPS) is 17.7. The van der Waals surface area contributed by atoms with Crippen molar-refractivity contribution >= 4 is 47.4 Å². The van der Waals surface area contributed by atoms with E-state index in [0.717, 1.165) is 9.80 Å². The number of likely N-dealkylation sites (tertiary alicyclic amines) is 2. The number of imide groups is 2. The second kappa shape index (κ2) is 20.6. The van der Waals surface area contributed by atoms with E-state index < -0.39 is 59.6 Å². The highest BCUT2D eigenvalue weighted by Gasteiger charge is 2.45. The number of hydrogen-bond donors (Lipinski definition) is 4. The quantitative estimate of drug-likeness (QED) is 0.210. The fourth-order valence-electron chi connectivity index (χ4n) is 5.28. The molecule has 0 aromatic heterocycles. The van der Waals surface area contributed by atoms with Crippen LogP contribution in [0, 0.1) is 11.6 Å². The van der Waals surface area contributed by atoms with Gasteiger partial charge in [-0.3, -0.25) is 58.0 Å². The molecule has 2 aromatic rings. The molecule has 16 nitrogen and oxygen atoms in total. The van der Waals surface area contributed by atoms with E-state index in [-0.39, 0.29) is 62.4 Å². The first-order valence-electron chi connectivity index (χ1n) is 16.8. The molecule has 54 heavy (non-hydrogen) atoms. The number of aliphatic carboxylic acids is 2. The average molecular weight is 761 g/mol. The molecule has 0 aliphatic carbocycles. The molecule has 2 saturated heterocycles. The van der Waals surface area contributed by atoms with Gasteiger partial charge in [0.15, 0.2) is 0 Å². The molecule has 2 fully saturated rings. The third-order valence-electron chi connectivity index (χ3n) is 8.47. The molecule has 0 spiro atoms. The number of carboxylic acid groups (broad SMARTS) is 2. The number of hydrogen-bond acceptors (Lipinski definition) is 10. The van der Waals surface area contributed by atoms with Crippen molar-refractivity contribution in [3.8, 4) is 0 Å². The van der Waals surface area contributed by atoms with Crippen LogP contribution in [0.15, 0.2) is 48.5 Å². The highest BCUT2D eigenvalue weighted by atomic mass is 19.1. The average Bonchev–Trinajstić information content (AvgIpc) is 3.59. The van der Waals surface area contributed by atoms with Crippen LogP contribution in [0.1, 0.15) is 50.7 Å². The standard InChI is InChI=1S/2C16H20FN3O3.C4H6O4/c2*1-10(20-14(21)8-13(16(20)23)19(2)3)15(22)18-9-11-6-4-5-7-12(11)17;5-3(6)1-2-4(7)8/h2*4-7,10,13H,8-9H2,1-3H3,(H,18,22);1-2H2,(H,5,6)(H,7,8)/t2*10-,13?;/m00./s1. The van der Waals surface area contributed by atoms with Gasteiger partial charge in [-0.05, 0) is 54.2 Å². The topological polar surface area (TPSA) is 214 Å². The molecular formula is C36H46F2N6O10. The van der Waals surface area contributed by atoms with Crippen molar-refractivity contribution in [2.75, 3.05) is 28.2 Å². The van der Waals surface area contributed by atoms with E-state index in [1.165, 1.54) is 26.0 Å². The summed E-state index contributed by atoms with van der Waals surface area (Å²) in [5.41, 5.74) is 0.691. The monoisotopic (exact) mass is 760 g/mol. The Morgan fingerprint density at radius 2 is 0.981 bits per heavy atom. The summed E-state index contributed by atoms with van der Waals surface area (Å²) in [7, 11) is 6.84. The number of nitrogens with one attached hydrogen (secondary N) is 2. The van der Waals surface area contributed by atoms with Gasteiger partial charge in [-0.2, -0.15) is 0 Å². The van der Waals surface area contributed by atoms with Gasteiger partial charge in [-0.15, -0.1) is 0 Å². The van der Waals surface area contributed by atoms with Crippen molar-refractivity contribution < 1.29 is 57.4 Å². The van der Waals surface area contributed by atoms with Gasteiger partial charge in [0.2, 0.25) is 35.4 Å². The van der Waals surface area contributed by atoms with Crippen molar-refractivity contribution in [2.24, 2.45) is 0 Å². The Hall–Kier alpha value is -5.62. The minimum absolute atomic E-state index is 0.00315. The molecule has 2 aromatic carbocycles. The molecule has 4 rings (SSSR count). The van der Waals surface area contributed by atoms with Crippen molar-refractivity contribution in [1.29, 1.82) is 0 Å². The summed E-state index contributed by atoms with van der Waals surface area (Å²) in [5.74, 6) is -5.47. The van der Waals surface area contributed by atoms with E-state index in [4.69, 9.17) is 10.2 Å². The van der Waals surface area contributed by atoms with E-state index in [1.54, 1.807) is 74.4 Å². The van der Waals surface area contributed by atoms with Crippen molar-refractivity contribution in [3.05, 3.63) is 71.3 Å². The first-order valence-corrected chi connectivity index (χ1v) is 16.8. The van der Waals surface area contributed by atoms with E-state index in [2.05, 4.69) is 10.6 Å². The van der Waals surface area contributed by atoms with Gasteiger partial charge in [0.1, 0.15) is 23.7 Å². The van der Waals surface area contributed by atoms with Gasteiger partial charge < -0.3 is 20.8 Å². The zero-order valence-electron chi connectivity index (χ0n) is 30.9. The number of nitrogens with zero attached hydrogens (tertiary/aromatic N) is 4. The Morgan fingerprint density at radius 3 is 1.24 bits per heavy atom. The Morgan fingerprint density at radius 1 is 0.667 bits per heavy atom. The Labute approximate surface area is 311 Å². The van der Waals surface area contributed by atoms with Gasteiger partial charge in [-0.25, -0.2) is 8.78 Å². The fraction of sp³-hybridized carbons (Fsp3) is 0.444. The molecule has 18 heteroatoms. The maximum Gasteiger partial charge on any atom is 0.303 e. The second-order valence-corrected chi connectivity index (χ2v) is 12.8. The maximum atomic E-state index is 13.5. The summed E-state index contributed by atoms with van der Waals surface area (Å²) >= 11 is 0. The number of carbonyl (C=O) groups is 8. The van der Waals surface area contributed by atoms with E-state index in [1.807, 2.05) is 0 Å². The zero-order chi connectivity index (χ0) is 40.9. The highest BCUT2D eigenvalue weighted by Crippen LogP contribution is 2.21. The molecule has 2 aliphatic rings. The molecule has 0 bridgehead atoms. The molecule has 6 amide bonds. The number of amides is 6. The smallest absolute Gasteiger partial charge is 0.303 e. The van der Waals surface area contributed by atoms with Crippen molar-refractivity contribution in [1.82, 2.24) is 30.2 Å². The summed E-state index contributed by atoms with van der Waals surface area (Å²) in [5, 5.41) is 20.9. The van der Waals surface area contributed by atoms with Crippen LogP contribution < -0.4 is 10.6 Å². The zero-order valence-corrected chi connectivity index (χ0v) is 30.9. The van der Waals surface area contributed by atoms with Crippen LogP contribution >= 0.6 is 0 Å². The number of benzene rings is 2. The number of rotatable bonds is 13. The van der Waals surface area contributed by atoms with E-state index in [9.17, 15) is 47.1 Å². The lowest BCUT2D eigenvalue weighted by Gasteiger charge is -2.23. The van der Waals surface area contributed by atoms with Crippen molar-refractivity contribution in [2.45, 2.75) is 76.8 Å². The number of carboxylic acids is 2. The molecular weight excluding hydrogens is 714 g/mol. The lowest BCUT2D eigenvalue weighted by atomic mass is 10.2. The molecule has 2 unspecified atom stereocenters. The molecule has 294 valence electrons. The highest BCUT2D eigenvalue weighted by molar-refractivity contribution is 6.09. The molecule has 0 radical (unpaired) electrons. The minimum atomic E-state index is -1.08. The van der Waals surface area contributed by atoms with Crippen molar-refractivity contribution in [3.63, 3.8) is 0 Å². The predicted octanol–water partition coefficient (Wildman–Crippen LogP) is 0.975. The van der Waals surface area contributed by atoms with E-state index >= 15 is 0 Å². The van der Waals surface area contributed by atoms with Crippen LogP contribution in [0.3, 0.4) is 0 Å². The van der Waals surface area contributed by atoms with Gasteiger partial charge in [-0.1, -0.05) is 36.4 Å². The van der Waals surface area contributed by atoms with Crippen LogP contribution in [-0.2, 0) is 51.4 Å². The maximum absolute atomic E-state index is 13.5. The summed E-state index contributed by atoms with van der Waals surface area (Å²) < 4.78 is 27.1. The van der Waals surface area contributed by atoms with Crippen LogP contribution in [0.5, 0.6) is 0 Å². The van der Waals surface area contributed by atoms with Gasteiger partial charge >= 0.3 is 11.9 Å². The Balaban J connectivity index is 0.000000312. The van der Waals surface area contributed by atoms with E-state index in [0.29, 0.717) is 11.1 Å². The SMILES string of the molecule is C[C@@H](C(=O)NCc1ccccc1F)N1C(=O)CC(N(C)C)C1=O.C[C@@H](C(=O)NCc1ccccc1F)N1C(=O)CC(N(C)C)C1=O.O=C(O)CCC(=O)O. The molecule has 4 N–H and O–H groups in total. The predicted molar refractivity (Wildman–Crippen MR) is 188 cm³/mol. The largest absolute Gasteiger partial charge is 0.481 e. The summed E-state index contributed by atoms with van der Waals surface area (Å²) in [6, 6.07) is 9.28. The van der Waals surface area contributed by atoms with Crippen LogP contribution in [0.2, 0.25) is 0 Å². The Kier molecular flexibility index (Phi) is 17.0. The molecule has 4 atom stereocenters. The lowest BCUT2D eigenvalue weighted by molar-refractivity contribution is -0.147. The van der Waals surface area contributed by atoms with Gasteiger partial charge in [0.05, 0.1) is 37.8 Å². The first-order chi connectivity index (χ1) is 25.3. The number of carbonyl (C=O) groups excluding carboxylic acids is 6. The van der Waals surface area contributed by atoms with Crippen LogP contribution in [0.4, 0.5) is 8.78 Å². The number of likely N-dealkylation sites (N-methyl/N-ethyl adjacent to an activating group) is 2. The molecule has 2 aliphatic heterocycles. The molecule has 0 saturated carbocycles. The summed E-state index contributed by atoms with van der Waals surface area (Å²) in [4.78, 5) is 97.5. The number of halogens is 2.